The molecule has 1 saturated heterocycles. The summed E-state index contributed by atoms with van der Waals surface area (Å²) in [4.78, 5) is 14.0. The van der Waals surface area contributed by atoms with Crippen LogP contribution in [0.4, 0.5) is 0 Å². The van der Waals surface area contributed by atoms with Crippen LogP contribution in [0.25, 0.3) is 0 Å². The van der Waals surface area contributed by atoms with Crippen LogP contribution in [-0.4, -0.2) is 40.7 Å². The van der Waals surface area contributed by atoms with Crippen LogP contribution in [0.5, 0.6) is 0 Å². The summed E-state index contributed by atoms with van der Waals surface area (Å²) in [6, 6.07) is 11.1. The molecule has 2 aliphatic carbocycles. The summed E-state index contributed by atoms with van der Waals surface area (Å²) >= 11 is 0. The van der Waals surface area contributed by atoms with Gasteiger partial charge in [0.2, 0.25) is 0 Å². The average Bonchev–Trinajstić information content (AvgIpc) is 2.67. The molecule has 4 atom stereocenters. The van der Waals surface area contributed by atoms with Gasteiger partial charge in [-0.05, 0) is 31.2 Å². The van der Waals surface area contributed by atoms with Gasteiger partial charge in [0.05, 0.1) is 0 Å². The summed E-state index contributed by atoms with van der Waals surface area (Å²) in [5.41, 5.74) is 1.29. The standard InChI is InChI=1S/C22H30N4O2/c1-2-19(23)26(18-13-17-22(18)12-11-16(22)25-17)20(24)9-6-10-21(27)28-14-15-7-4-3-5-8-15/h3-5,7-8,16-18,23-25H,2,6,9-14H2,1H3. The van der Waals surface area contributed by atoms with Crippen molar-refractivity contribution in [2.24, 2.45) is 5.41 Å². The van der Waals surface area contributed by atoms with Gasteiger partial charge in [-0.2, -0.15) is 0 Å². The molecule has 1 heterocycles. The second-order valence-corrected chi connectivity index (χ2v) is 8.29. The monoisotopic (exact) mass is 382 g/mol. The topological polar surface area (TPSA) is 89.3 Å². The van der Waals surface area contributed by atoms with Gasteiger partial charge in [0.15, 0.2) is 0 Å². The largest absolute Gasteiger partial charge is 0.461 e. The van der Waals surface area contributed by atoms with Crippen molar-refractivity contribution in [1.82, 2.24) is 10.2 Å². The lowest BCUT2D eigenvalue weighted by Gasteiger charge is -2.76. The van der Waals surface area contributed by atoms with Gasteiger partial charge in [-0.15, -0.1) is 0 Å². The highest BCUT2D eigenvalue weighted by Crippen LogP contribution is 2.64. The summed E-state index contributed by atoms with van der Waals surface area (Å²) < 4.78 is 5.32. The first-order valence-electron chi connectivity index (χ1n) is 10.5. The Balaban J connectivity index is 1.25. The number of amidine groups is 2. The maximum absolute atomic E-state index is 12.0. The molecule has 6 heteroatoms. The van der Waals surface area contributed by atoms with Crippen molar-refractivity contribution in [3.63, 3.8) is 0 Å². The molecule has 2 saturated carbocycles. The van der Waals surface area contributed by atoms with E-state index < -0.39 is 0 Å². The van der Waals surface area contributed by atoms with E-state index in [0.29, 0.717) is 67.5 Å². The minimum absolute atomic E-state index is 0.224. The first kappa shape index (κ1) is 19.1. The Morgan fingerprint density at radius 3 is 2.61 bits per heavy atom. The van der Waals surface area contributed by atoms with Crippen molar-refractivity contribution in [3.05, 3.63) is 35.9 Å². The van der Waals surface area contributed by atoms with E-state index in [-0.39, 0.29) is 5.97 Å². The van der Waals surface area contributed by atoms with E-state index in [1.54, 1.807) is 0 Å². The third kappa shape index (κ3) is 3.13. The molecule has 4 rings (SSSR count). The summed E-state index contributed by atoms with van der Waals surface area (Å²) in [5.74, 6) is 0.795. The van der Waals surface area contributed by atoms with E-state index in [1.165, 1.54) is 12.8 Å². The van der Waals surface area contributed by atoms with Crippen LogP contribution in [0.15, 0.2) is 30.3 Å². The predicted octanol–water partition coefficient (Wildman–Crippen LogP) is 3.46. The number of hydrogen-bond acceptors (Lipinski definition) is 5. The number of piperidine rings is 2. The number of carbonyl (C=O) groups excluding carboxylic acids is 1. The van der Waals surface area contributed by atoms with Crippen LogP contribution in [0.3, 0.4) is 0 Å². The van der Waals surface area contributed by atoms with Crippen LogP contribution >= 0.6 is 0 Å². The predicted molar refractivity (Wildman–Crippen MR) is 108 cm³/mol. The lowest BCUT2D eigenvalue weighted by atomic mass is 9.41. The van der Waals surface area contributed by atoms with Crippen molar-refractivity contribution in [2.75, 3.05) is 0 Å². The number of nitrogens with zero attached hydrogens (tertiary/aromatic N) is 1. The normalized spacial score (nSPS) is 29.2. The Morgan fingerprint density at radius 1 is 1.21 bits per heavy atom. The lowest BCUT2D eigenvalue weighted by molar-refractivity contribution is -0.194. The van der Waals surface area contributed by atoms with Crippen LogP contribution in [0.1, 0.15) is 57.4 Å². The zero-order chi connectivity index (χ0) is 19.7. The molecular weight excluding hydrogens is 352 g/mol. The number of carbonyl (C=O) groups is 1. The van der Waals surface area contributed by atoms with Gasteiger partial charge in [-0.1, -0.05) is 37.3 Å². The Kier molecular flexibility index (Phi) is 5.23. The molecular formula is C22H30N4O2. The number of hydrogen-bond donors (Lipinski definition) is 3. The van der Waals surface area contributed by atoms with Crippen molar-refractivity contribution in [3.8, 4) is 0 Å². The fourth-order valence-corrected chi connectivity index (χ4v) is 5.17. The summed E-state index contributed by atoms with van der Waals surface area (Å²) in [6.45, 7) is 2.28. The number of esters is 1. The van der Waals surface area contributed by atoms with Crippen LogP contribution in [0.2, 0.25) is 0 Å². The van der Waals surface area contributed by atoms with Gasteiger partial charge in [0.25, 0.3) is 0 Å². The molecule has 0 bridgehead atoms. The van der Waals surface area contributed by atoms with E-state index in [4.69, 9.17) is 15.6 Å². The maximum atomic E-state index is 12.0. The molecule has 1 aromatic carbocycles. The molecule has 4 unspecified atom stereocenters. The van der Waals surface area contributed by atoms with Crippen molar-refractivity contribution in [1.29, 1.82) is 10.8 Å². The highest BCUT2D eigenvalue weighted by atomic mass is 16.5. The Morgan fingerprint density at radius 2 is 2.00 bits per heavy atom. The molecule has 0 aromatic heterocycles. The average molecular weight is 383 g/mol. The van der Waals surface area contributed by atoms with Crippen LogP contribution in [0, 0.1) is 16.2 Å². The molecule has 150 valence electrons. The van der Waals surface area contributed by atoms with E-state index in [2.05, 4.69) is 5.32 Å². The Hall–Kier alpha value is -2.21. The van der Waals surface area contributed by atoms with E-state index in [0.717, 1.165) is 12.0 Å². The molecule has 28 heavy (non-hydrogen) atoms. The molecule has 6 nitrogen and oxygen atoms in total. The van der Waals surface area contributed by atoms with Crippen molar-refractivity contribution in [2.45, 2.75) is 76.6 Å². The van der Waals surface area contributed by atoms with Gasteiger partial charge in [-0.3, -0.25) is 15.6 Å². The summed E-state index contributed by atoms with van der Waals surface area (Å²) in [6.07, 6.45) is 5.51. The number of nitrogens with one attached hydrogen (secondary N) is 3. The quantitative estimate of drug-likeness (QED) is 0.365. The van der Waals surface area contributed by atoms with Gasteiger partial charge in [0.1, 0.15) is 18.3 Å². The van der Waals surface area contributed by atoms with Crippen LogP contribution < -0.4 is 5.32 Å². The molecule has 3 aliphatic rings. The third-order valence-electron chi connectivity index (χ3n) is 6.91. The summed E-state index contributed by atoms with van der Waals surface area (Å²) in [5, 5.41) is 20.6. The molecule has 1 aliphatic heterocycles. The fraction of sp³-hybridized carbons (Fsp3) is 0.591. The van der Waals surface area contributed by atoms with Crippen LogP contribution in [-0.2, 0) is 16.1 Å². The first-order valence-corrected chi connectivity index (χ1v) is 10.5. The summed E-state index contributed by atoms with van der Waals surface area (Å²) in [7, 11) is 0. The SMILES string of the molecule is CCC(=N)N(C(=N)CCCC(=O)OCc1ccccc1)C1CC2NC3CCC321. The highest BCUT2D eigenvalue weighted by molar-refractivity contribution is 5.98. The molecule has 3 fully saturated rings. The number of benzene rings is 1. The second kappa shape index (κ2) is 7.66. The number of rotatable bonds is 8. The first-order chi connectivity index (χ1) is 13.6. The van der Waals surface area contributed by atoms with Gasteiger partial charge < -0.3 is 15.0 Å². The smallest absolute Gasteiger partial charge is 0.306 e. The van der Waals surface area contributed by atoms with Crippen molar-refractivity contribution < 1.29 is 9.53 Å². The van der Waals surface area contributed by atoms with E-state index in [9.17, 15) is 4.79 Å². The number of ether oxygens (including phenoxy) is 1. The molecule has 1 spiro atoms. The Labute approximate surface area is 166 Å². The lowest BCUT2D eigenvalue weighted by Crippen LogP contribution is -2.89. The van der Waals surface area contributed by atoms with Gasteiger partial charge in [-0.25, -0.2) is 0 Å². The van der Waals surface area contributed by atoms with Crippen molar-refractivity contribution >= 4 is 17.6 Å². The zero-order valence-electron chi connectivity index (χ0n) is 16.5. The molecule has 1 aromatic rings. The van der Waals surface area contributed by atoms with E-state index in [1.807, 2.05) is 42.2 Å². The van der Waals surface area contributed by atoms with Gasteiger partial charge >= 0.3 is 5.97 Å². The fourth-order valence-electron chi connectivity index (χ4n) is 5.17. The second-order valence-electron chi connectivity index (χ2n) is 8.29. The molecule has 3 N–H and O–H groups in total. The molecule has 0 amide bonds. The zero-order valence-corrected chi connectivity index (χ0v) is 16.5. The maximum Gasteiger partial charge on any atom is 0.306 e. The Bertz CT molecular complexity index is 759. The highest BCUT2D eigenvalue weighted by Gasteiger charge is 2.72. The van der Waals surface area contributed by atoms with E-state index >= 15 is 0 Å². The minimum Gasteiger partial charge on any atom is -0.461 e. The minimum atomic E-state index is -0.224. The van der Waals surface area contributed by atoms with Gasteiger partial charge in [0, 0.05) is 42.8 Å². The third-order valence-corrected chi connectivity index (χ3v) is 6.91. The molecule has 0 radical (unpaired) electrons.